The third-order valence-corrected chi connectivity index (χ3v) is 4.63. The van der Waals surface area contributed by atoms with E-state index in [1.807, 2.05) is 41.1 Å². The average molecular weight is 380 g/mol. The number of nitrogens with zero attached hydrogens (tertiary/aromatic N) is 4. The summed E-state index contributed by atoms with van der Waals surface area (Å²) in [5, 5.41) is 8.30. The minimum atomic E-state index is -0.514. The molecule has 28 heavy (non-hydrogen) atoms. The lowest BCUT2D eigenvalue weighted by molar-refractivity contribution is -0.138. The van der Waals surface area contributed by atoms with Crippen molar-refractivity contribution in [3.8, 4) is 0 Å². The van der Waals surface area contributed by atoms with Crippen LogP contribution in [0.1, 0.15) is 15.9 Å². The van der Waals surface area contributed by atoms with Gasteiger partial charge < -0.3 is 14.4 Å². The van der Waals surface area contributed by atoms with Gasteiger partial charge in [0.05, 0.1) is 30.8 Å². The van der Waals surface area contributed by atoms with E-state index in [1.54, 1.807) is 17.0 Å². The van der Waals surface area contributed by atoms with Crippen molar-refractivity contribution in [2.75, 3.05) is 32.9 Å². The number of hydrogen-bond donors (Lipinski definition) is 0. The maximum atomic E-state index is 12.2. The number of rotatable bonds is 5. The van der Waals surface area contributed by atoms with Crippen LogP contribution in [-0.2, 0) is 20.8 Å². The van der Waals surface area contributed by atoms with Crippen LogP contribution in [0.25, 0.3) is 11.0 Å². The van der Waals surface area contributed by atoms with Gasteiger partial charge in [-0.3, -0.25) is 4.79 Å². The molecule has 1 amide bonds. The van der Waals surface area contributed by atoms with Crippen molar-refractivity contribution in [3.05, 3.63) is 59.7 Å². The number of hydrogen-bond acceptors (Lipinski definition) is 6. The molecule has 0 saturated carbocycles. The highest BCUT2D eigenvalue weighted by atomic mass is 16.5. The van der Waals surface area contributed by atoms with Gasteiger partial charge >= 0.3 is 5.97 Å². The highest BCUT2D eigenvalue weighted by Crippen LogP contribution is 2.13. The lowest BCUT2D eigenvalue weighted by Crippen LogP contribution is -2.42. The van der Waals surface area contributed by atoms with E-state index in [2.05, 4.69) is 10.3 Å². The van der Waals surface area contributed by atoms with E-state index >= 15 is 0 Å². The molecule has 1 saturated heterocycles. The molecule has 1 fully saturated rings. The van der Waals surface area contributed by atoms with E-state index < -0.39 is 5.97 Å². The van der Waals surface area contributed by atoms with Crippen LogP contribution in [0.2, 0.25) is 0 Å². The number of carbonyl (C=O) groups is 2. The van der Waals surface area contributed by atoms with Gasteiger partial charge in [0.25, 0.3) is 5.91 Å². The Morgan fingerprint density at radius 1 is 1.04 bits per heavy atom. The fraction of sp³-hybridized carbons (Fsp3) is 0.300. The molecule has 0 N–H and O–H groups in total. The van der Waals surface area contributed by atoms with Crippen molar-refractivity contribution in [3.63, 3.8) is 0 Å². The lowest BCUT2D eigenvalue weighted by Gasteiger charge is -2.26. The molecular weight excluding hydrogens is 360 g/mol. The zero-order chi connectivity index (χ0) is 19.3. The van der Waals surface area contributed by atoms with Crippen LogP contribution in [0.5, 0.6) is 0 Å². The Balaban J connectivity index is 1.34. The molecule has 8 heteroatoms. The van der Waals surface area contributed by atoms with Gasteiger partial charge in [-0.1, -0.05) is 29.5 Å². The van der Waals surface area contributed by atoms with Crippen molar-refractivity contribution >= 4 is 22.9 Å². The van der Waals surface area contributed by atoms with Crippen molar-refractivity contribution in [1.82, 2.24) is 19.9 Å². The first-order chi connectivity index (χ1) is 13.7. The maximum absolute atomic E-state index is 12.2. The Bertz CT molecular complexity index is 977. The van der Waals surface area contributed by atoms with Gasteiger partial charge in [0.15, 0.2) is 6.61 Å². The summed E-state index contributed by atoms with van der Waals surface area (Å²) < 4.78 is 12.2. The Labute approximate surface area is 161 Å². The van der Waals surface area contributed by atoms with Crippen LogP contribution in [0.4, 0.5) is 0 Å². The van der Waals surface area contributed by atoms with Crippen molar-refractivity contribution in [2.45, 2.75) is 6.54 Å². The van der Waals surface area contributed by atoms with Crippen LogP contribution < -0.4 is 0 Å². The van der Waals surface area contributed by atoms with Gasteiger partial charge in [-0.15, -0.1) is 5.10 Å². The summed E-state index contributed by atoms with van der Waals surface area (Å²) in [7, 11) is 0. The molecule has 0 unspecified atom stereocenters. The second kappa shape index (κ2) is 8.18. The summed E-state index contributed by atoms with van der Waals surface area (Å²) in [4.78, 5) is 25.9. The van der Waals surface area contributed by atoms with Crippen LogP contribution in [-0.4, -0.2) is 64.7 Å². The van der Waals surface area contributed by atoms with Crippen LogP contribution in [0, 0.1) is 0 Å². The molecule has 8 nitrogen and oxygen atoms in total. The van der Waals surface area contributed by atoms with Crippen LogP contribution in [0.3, 0.4) is 0 Å². The second-order valence-corrected chi connectivity index (χ2v) is 6.50. The summed E-state index contributed by atoms with van der Waals surface area (Å²) >= 11 is 0. The van der Waals surface area contributed by atoms with E-state index in [4.69, 9.17) is 9.47 Å². The number of benzene rings is 2. The number of para-hydroxylation sites is 1. The first-order valence-electron chi connectivity index (χ1n) is 9.10. The first kappa shape index (κ1) is 18.1. The molecule has 2 aromatic carbocycles. The largest absolute Gasteiger partial charge is 0.452 e. The standard InChI is InChI=1S/C20H20N4O4/c25-19(23-9-11-27-12-10-23)14-28-20(26)16-7-5-15(6-8-16)13-24-18-4-2-1-3-17(18)21-22-24/h1-8H,9-14H2. The monoisotopic (exact) mass is 380 g/mol. The molecule has 0 atom stereocenters. The molecule has 0 bridgehead atoms. The summed E-state index contributed by atoms with van der Waals surface area (Å²) in [6.45, 7) is 2.38. The topological polar surface area (TPSA) is 86.5 Å². The van der Waals surface area contributed by atoms with Gasteiger partial charge in [-0.2, -0.15) is 0 Å². The van der Waals surface area contributed by atoms with E-state index in [0.29, 0.717) is 38.4 Å². The molecular formula is C20H20N4O4. The van der Waals surface area contributed by atoms with Gasteiger partial charge in [-0.25, -0.2) is 9.48 Å². The van der Waals surface area contributed by atoms with Crippen LogP contribution in [0.15, 0.2) is 48.5 Å². The number of amides is 1. The van der Waals surface area contributed by atoms with Gasteiger partial charge in [-0.05, 0) is 29.8 Å². The number of morpholine rings is 1. The smallest absolute Gasteiger partial charge is 0.338 e. The summed E-state index contributed by atoms with van der Waals surface area (Å²) in [6, 6.07) is 14.8. The Hall–Kier alpha value is -3.26. The normalized spacial score (nSPS) is 14.2. The van der Waals surface area contributed by atoms with E-state index in [0.717, 1.165) is 16.6 Å². The molecule has 0 spiro atoms. The second-order valence-electron chi connectivity index (χ2n) is 6.50. The molecule has 144 valence electrons. The molecule has 3 aromatic rings. The minimum absolute atomic E-state index is 0.202. The molecule has 2 heterocycles. The zero-order valence-electron chi connectivity index (χ0n) is 15.3. The van der Waals surface area contributed by atoms with E-state index in [1.165, 1.54) is 0 Å². The molecule has 1 aliphatic heterocycles. The van der Waals surface area contributed by atoms with Crippen molar-refractivity contribution in [1.29, 1.82) is 0 Å². The molecule has 0 aliphatic carbocycles. The van der Waals surface area contributed by atoms with Gasteiger partial charge in [0.1, 0.15) is 5.52 Å². The number of aromatic nitrogens is 3. The Morgan fingerprint density at radius 2 is 1.79 bits per heavy atom. The summed E-state index contributed by atoms with van der Waals surface area (Å²) in [5.74, 6) is -0.717. The van der Waals surface area contributed by atoms with Gasteiger partial charge in [0.2, 0.25) is 0 Å². The third-order valence-electron chi connectivity index (χ3n) is 4.63. The van der Waals surface area contributed by atoms with E-state index in [-0.39, 0.29) is 12.5 Å². The number of fused-ring (bicyclic) bond motifs is 1. The van der Waals surface area contributed by atoms with Crippen LogP contribution >= 0.6 is 0 Å². The predicted molar refractivity (Wildman–Crippen MR) is 101 cm³/mol. The highest BCUT2D eigenvalue weighted by Gasteiger charge is 2.18. The first-order valence-corrected chi connectivity index (χ1v) is 9.10. The summed E-state index contributed by atoms with van der Waals surface area (Å²) in [6.07, 6.45) is 0. The molecule has 0 radical (unpaired) electrons. The van der Waals surface area contributed by atoms with E-state index in [9.17, 15) is 9.59 Å². The summed E-state index contributed by atoms with van der Waals surface area (Å²) in [5.41, 5.74) is 3.18. The SMILES string of the molecule is O=C(OCC(=O)N1CCOCC1)c1ccc(Cn2nnc3ccccc32)cc1. The maximum Gasteiger partial charge on any atom is 0.338 e. The Morgan fingerprint density at radius 3 is 2.57 bits per heavy atom. The molecule has 1 aromatic heterocycles. The third kappa shape index (κ3) is 4.01. The van der Waals surface area contributed by atoms with Crippen molar-refractivity contribution < 1.29 is 19.1 Å². The highest BCUT2D eigenvalue weighted by molar-refractivity contribution is 5.91. The number of esters is 1. The quantitative estimate of drug-likeness (QED) is 0.624. The van der Waals surface area contributed by atoms with Gasteiger partial charge in [0, 0.05) is 13.1 Å². The Kier molecular flexibility index (Phi) is 5.29. The minimum Gasteiger partial charge on any atom is -0.452 e. The predicted octanol–water partition coefficient (Wildman–Crippen LogP) is 1.50. The molecule has 4 rings (SSSR count). The zero-order valence-corrected chi connectivity index (χ0v) is 15.3. The average Bonchev–Trinajstić information content (AvgIpc) is 3.16. The number of carbonyl (C=O) groups excluding carboxylic acids is 2. The fourth-order valence-corrected chi connectivity index (χ4v) is 3.07. The molecule has 1 aliphatic rings. The number of ether oxygens (including phenoxy) is 2. The fourth-order valence-electron chi connectivity index (χ4n) is 3.07. The van der Waals surface area contributed by atoms with Crippen molar-refractivity contribution in [2.24, 2.45) is 0 Å². The lowest BCUT2D eigenvalue weighted by atomic mass is 10.1.